The molecule has 20 heavy (non-hydrogen) atoms. The number of imidazole rings is 1. The van der Waals surface area contributed by atoms with Gasteiger partial charge in [-0.3, -0.25) is 4.79 Å². The monoisotopic (exact) mass is 273 g/mol. The lowest BCUT2D eigenvalue weighted by Gasteiger charge is -2.08. The molecule has 0 saturated carbocycles. The van der Waals surface area contributed by atoms with E-state index in [-0.39, 0.29) is 5.91 Å². The summed E-state index contributed by atoms with van der Waals surface area (Å²) in [4.78, 5) is 18.4. The molecule has 0 aliphatic carbocycles. The minimum absolute atomic E-state index is 0.0213. The number of aromatic amines is 1. The van der Waals surface area contributed by atoms with Gasteiger partial charge in [0, 0.05) is 12.6 Å². The lowest BCUT2D eigenvalue weighted by molar-refractivity contribution is -0.121. The molecule has 0 fully saturated rings. The summed E-state index contributed by atoms with van der Waals surface area (Å²) >= 11 is 0. The standard InChI is InChI=1S/C15H19N3O2/c1-12-5-2-3-6-14(12)20-8-4-7-15(19)17-10-13-9-16-11-18-13/h2-3,5-6,9,11H,4,7-8,10H2,1H3,(H,16,18)(H,17,19). The Labute approximate surface area is 118 Å². The molecule has 0 bridgehead atoms. The van der Waals surface area contributed by atoms with Crippen LogP contribution < -0.4 is 10.1 Å². The number of nitrogens with zero attached hydrogens (tertiary/aromatic N) is 1. The predicted octanol–water partition coefficient (Wildman–Crippen LogP) is 2.19. The third-order valence-electron chi connectivity index (χ3n) is 2.93. The Morgan fingerprint density at radius 1 is 1.40 bits per heavy atom. The number of amides is 1. The van der Waals surface area contributed by atoms with Crippen molar-refractivity contribution in [2.45, 2.75) is 26.3 Å². The summed E-state index contributed by atoms with van der Waals surface area (Å²) in [5.41, 5.74) is 2.01. The molecule has 1 aromatic carbocycles. The summed E-state index contributed by atoms with van der Waals surface area (Å²) in [6.45, 7) is 3.03. The van der Waals surface area contributed by atoms with Crippen molar-refractivity contribution in [3.63, 3.8) is 0 Å². The molecule has 0 atom stereocenters. The number of hydrogen-bond donors (Lipinski definition) is 2. The Morgan fingerprint density at radius 3 is 3.00 bits per heavy atom. The van der Waals surface area contributed by atoms with Crippen LogP contribution in [0, 0.1) is 6.92 Å². The molecule has 0 aliphatic rings. The van der Waals surface area contributed by atoms with E-state index in [1.165, 1.54) is 0 Å². The second kappa shape index (κ2) is 7.33. The van der Waals surface area contributed by atoms with Crippen molar-refractivity contribution >= 4 is 5.91 Å². The molecule has 2 N–H and O–H groups in total. The average Bonchev–Trinajstić information content (AvgIpc) is 2.96. The van der Waals surface area contributed by atoms with Gasteiger partial charge in [-0.1, -0.05) is 18.2 Å². The SMILES string of the molecule is Cc1ccccc1OCCCC(=O)NCc1cnc[nH]1. The zero-order chi connectivity index (χ0) is 14.2. The van der Waals surface area contributed by atoms with E-state index in [9.17, 15) is 4.79 Å². The maximum atomic E-state index is 11.6. The van der Waals surface area contributed by atoms with Crippen LogP contribution in [0.2, 0.25) is 0 Å². The van der Waals surface area contributed by atoms with Gasteiger partial charge in [0.1, 0.15) is 5.75 Å². The van der Waals surface area contributed by atoms with E-state index in [2.05, 4.69) is 15.3 Å². The van der Waals surface area contributed by atoms with Crippen molar-refractivity contribution in [2.75, 3.05) is 6.61 Å². The van der Waals surface area contributed by atoms with Crippen LogP contribution in [0.3, 0.4) is 0 Å². The molecular formula is C15H19N3O2. The van der Waals surface area contributed by atoms with Gasteiger partial charge < -0.3 is 15.0 Å². The molecule has 5 heteroatoms. The van der Waals surface area contributed by atoms with E-state index in [0.29, 0.717) is 26.0 Å². The van der Waals surface area contributed by atoms with Crippen LogP contribution in [-0.4, -0.2) is 22.5 Å². The molecule has 1 aromatic heterocycles. The minimum atomic E-state index is 0.0213. The molecule has 5 nitrogen and oxygen atoms in total. The Hall–Kier alpha value is -2.30. The van der Waals surface area contributed by atoms with Crippen molar-refractivity contribution in [1.29, 1.82) is 0 Å². The minimum Gasteiger partial charge on any atom is -0.493 e. The number of ether oxygens (including phenoxy) is 1. The number of aryl methyl sites for hydroxylation is 1. The van der Waals surface area contributed by atoms with E-state index in [0.717, 1.165) is 17.0 Å². The van der Waals surface area contributed by atoms with Gasteiger partial charge in [0.05, 0.1) is 25.2 Å². The average molecular weight is 273 g/mol. The largest absolute Gasteiger partial charge is 0.493 e. The number of H-pyrrole nitrogens is 1. The van der Waals surface area contributed by atoms with Crippen LogP contribution >= 0.6 is 0 Å². The summed E-state index contributed by atoms with van der Waals surface area (Å²) < 4.78 is 5.64. The number of nitrogens with one attached hydrogen (secondary N) is 2. The second-order valence-electron chi connectivity index (χ2n) is 4.57. The van der Waals surface area contributed by atoms with E-state index in [1.54, 1.807) is 12.5 Å². The fraction of sp³-hybridized carbons (Fsp3) is 0.333. The highest BCUT2D eigenvalue weighted by molar-refractivity contribution is 5.75. The molecule has 0 spiro atoms. The fourth-order valence-corrected chi connectivity index (χ4v) is 1.80. The molecule has 0 unspecified atom stereocenters. The number of para-hydroxylation sites is 1. The van der Waals surface area contributed by atoms with Gasteiger partial charge in [-0.25, -0.2) is 4.98 Å². The Bertz CT molecular complexity index is 538. The zero-order valence-corrected chi connectivity index (χ0v) is 11.6. The molecule has 0 radical (unpaired) electrons. The van der Waals surface area contributed by atoms with E-state index >= 15 is 0 Å². The number of carbonyl (C=O) groups excluding carboxylic acids is 1. The summed E-state index contributed by atoms with van der Waals surface area (Å²) in [7, 11) is 0. The highest BCUT2D eigenvalue weighted by Gasteiger charge is 2.03. The van der Waals surface area contributed by atoms with Gasteiger partial charge in [0.25, 0.3) is 0 Å². The number of rotatable bonds is 7. The Balaban J connectivity index is 1.61. The van der Waals surface area contributed by atoms with Gasteiger partial charge in [-0.2, -0.15) is 0 Å². The van der Waals surface area contributed by atoms with Crippen LogP contribution in [0.5, 0.6) is 5.75 Å². The van der Waals surface area contributed by atoms with Crippen molar-refractivity contribution in [2.24, 2.45) is 0 Å². The molecular weight excluding hydrogens is 254 g/mol. The lowest BCUT2D eigenvalue weighted by atomic mass is 10.2. The summed E-state index contributed by atoms with van der Waals surface area (Å²) in [6, 6.07) is 7.87. The van der Waals surface area contributed by atoms with E-state index < -0.39 is 0 Å². The van der Waals surface area contributed by atoms with Crippen LogP contribution in [0.25, 0.3) is 0 Å². The molecule has 0 saturated heterocycles. The third-order valence-corrected chi connectivity index (χ3v) is 2.93. The first-order valence-corrected chi connectivity index (χ1v) is 6.68. The first-order chi connectivity index (χ1) is 9.75. The normalized spacial score (nSPS) is 10.2. The van der Waals surface area contributed by atoms with Crippen molar-refractivity contribution in [3.05, 3.63) is 48.0 Å². The third kappa shape index (κ3) is 4.42. The maximum Gasteiger partial charge on any atom is 0.220 e. The second-order valence-corrected chi connectivity index (χ2v) is 4.57. The van der Waals surface area contributed by atoms with E-state index in [4.69, 9.17) is 4.74 Å². The number of aromatic nitrogens is 2. The molecule has 2 rings (SSSR count). The Morgan fingerprint density at radius 2 is 2.25 bits per heavy atom. The molecule has 1 amide bonds. The van der Waals surface area contributed by atoms with Crippen LogP contribution in [0.15, 0.2) is 36.8 Å². The number of benzene rings is 1. The van der Waals surface area contributed by atoms with Crippen LogP contribution in [0.1, 0.15) is 24.1 Å². The number of hydrogen-bond acceptors (Lipinski definition) is 3. The molecule has 106 valence electrons. The smallest absolute Gasteiger partial charge is 0.220 e. The number of carbonyl (C=O) groups is 1. The molecule has 1 heterocycles. The first-order valence-electron chi connectivity index (χ1n) is 6.68. The van der Waals surface area contributed by atoms with Gasteiger partial charge >= 0.3 is 0 Å². The predicted molar refractivity (Wildman–Crippen MR) is 76.3 cm³/mol. The van der Waals surface area contributed by atoms with Gasteiger partial charge in [0.15, 0.2) is 0 Å². The maximum absolute atomic E-state index is 11.6. The van der Waals surface area contributed by atoms with Crippen LogP contribution in [0.4, 0.5) is 0 Å². The van der Waals surface area contributed by atoms with Crippen molar-refractivity contribution in [1.82, 2.24) is 15.3 Å². The quantitative estimate of drug-likeness (QED) is 0.760. The highest BCUT2D eigenvalue weighted by atomic mass is 16.5. The summed E-state index contributed by atoms with van der Waals surface area (Å²) in [5.74, 6) is 0.901. The topological polar surface area (TPSA) is 67.0 Å². The zero-order valence-electron chi connectivity index (χ0n) is 11.6. The summed E-state index contributed by atoms with van der Waals surface area (Å²) in [5, 5.41) is 2.83. The molecule has 2 aromatic rings. The Kier molecular flexibility index (Phi) is 5.17. The highest BCUT2D eigenvalue weighted by Crippen LogP contribution is 2.16. The van der Waals surface area contributed by atoms with E-state index in [1.807, 2.05) is 31.2 Å². The van der Waals surface area contributed by atoms with Gasteiger partial charge in [0.2, 0.25) is 5.91 Å². The van der Waals surface area contributed by atoms with Crippen molar-refractivity contribution < 1.29 is 9.53 Å². The van der Waals surface area contributed by atoms with Crippen molar-refractivity contribution in [3.8, 4) is 5.75 Å². The van der Waals surface area contributed by atoms with Gasteiger partial charge in [-0.15, -0.1) is 0 Å². The van der Waals surface area contributed by atoms with Crippen LogP contribution in [-0.2, 0) is 11.3 Å². The van der Waals surface area contributed by atoms with Gasteiger partial charge in [-0.05, 0) is 25.0 Å². The summed E-state index contributed by atoms with van der Waals surface area (Å²) in [6.07, 6.45) is 4.45. The fourth-order valence-electron chi connectivity index (χ4n) is 1.80. The molecule has 0 aliphatic heterocycles. The first kappa shape index (κ1) is 14.1. The lowest BCUT2D eigenvalue weighted by Crippen LogP contribution is -2.23.